The van der Waals surface area contributed by atoms with Crippen molar-refractivity contribution in [2.75, 3.05) is 0 Å². The van der Waals surface area contributed by atoms with Gasteiger partial charge in [0.1, 0.15) is 0 Å². The van der Waals surface area contributed by atoms with Crippen molar-refractivity contribution in [1.82, 2.24) is 0 Å². The molecule has 0 nitrogen and oxygen atoms in total. The first-order valence-corrected chi connectivity index (χ1v) is 3.32. The lowest BCUT2D eigenvalue weighted by molar-refractivity contribution is 0.969. The van der Waals surface area contributed by atoms with Gasteiger partial charge in [0.15, 0.2) is 0 Å². The zero-order chi connectivity index (χ0) is 6.85. The molecule has 0 fully saturated rings. The third-order valence-electron chi connectivity index (χ3n) is 1.48. The van der Waals surface area contributed by atoms with Crippen LogP contribution in [0.25, 0.3) is 0 Å². The molecule has 1 rings (SSSR count). The van der Waals surface area contributed by atoms with Gasteiger partial charge in [-0.25, -0.2) is 0 Å². The van der Waals surface area contributed by atoms with Crippen molar-refractivity contribution in [1.29, 1.82) is 0 Å². The second-order valence-corrected chi connectivity index (χ2v) is 2.58. The van der Waals surface area contributed by atoms with Crippen LogP contribution in [0.4, 0.5) is 0 Å². The molecule has 0 saturated carbocycles. The molecule has 0 aromatic heterocycles. The number of halogens is 1. The Bertz CT molecular complexity index is 187. The average molecular weight is 141 g/mol. The highest BCUT2D eigenvalue weighted by molar-refractivity contribution is 6.32. The van der Waals surface area contributed by atoms with Crippen molar-refractivity contribution in [3.8, 4) is 0 Å². The Morgan fingerprint density at radius 2 is 2.11 bits per heavy atom. The Kier molecular flexibility index (Phi) is 1.77. The van der Waals surface area contributed by atoms with Gasteiger partial charge < -0.3 is 0 Å². The van der Waals surface area contributed by atoms with E-state index in [0.29, 0.717) is 0 Å². The monoisotopic (exact) mass is 140 g/mol. The van der Waals surface area contributed by atoms with E-state index in [1.54, 1.807) is 0 Å². The van der Waals surface area contributed by atoms with Crippen LogP contribution in [-0.4, -0.2) is 0 Å². The van der Waals surface area contributed by atoms with Crippen molar-refractivity contribution < 1.29 is 0 Å². The number of allylic oxidation sites excluding steroid dienone is 4. The lowest BCUT2D eigenvalue weighted by atomic mass is 9.98. The van der Waals surface area contributed by atoms with Crippen LogP contribution in [0, 0.1) is 0 Å². The minimum absolute atomic E-state index is 0.770. The predicted octanol–water partition coefficient (Wildman–Crippen LogP) is 3.02. The van der Waals surface area contributed by atoms with Crippen molar-refractivity contribution >= 4 is 11.6 Å². The van der Waals surface area contributed by atoms with Crippen LogP contribution < -0.4 is 0 Å². The van der Waals surface area contributed by atoms with Crippen molar-refractivity contribution in [3.05, 3.63) is 35.4 Å². The highest BCUT2D eigenvalue weighted by Crippen LogP contribution is 2.28. The molecule has 0 N–H and O–H groups in total. The van der Waals surface area contributed by atoms with Crippen molar-refractivity contribution in [3.63, 3.8) is 0 Å². The van der Waals surface area contributed by atoms with E-state index in [1.165, 1.54) is 0 Å². The smallest absolute Gasteiger partial charge is 0.0435 e. The summed E-state index contributed by atoms with van der Waals surface area (Å²) in [5.41, 5.74) is 1.98. The van der Waals surface area contributed by atoms with Gasteiger partial charge in [-0.2, -0.15) is 0 Å². The fraction of sp³-hybridized carbons (Fsp3) is 0.250. The van der Waals surface area contributed by atoms with E-state index in [4.69, 9.17) is 11.6 Å². The number of rotatable bonds is 0. The predicted molar refractivity (Wildman–Crippen MR) is 41.5 cm³/mol. The Morgan fingerprint density at radius 3 is 2.56 bits per heavy atom. The maximum absolute atomic E-state index is 5.76. The van der Waals surface area contributed by atoms with E-state index in [0.717, 1.165) is 29.0 Å². The van der Waals surface area contributed by atoms with Crippen molar-refractivity contribution in [2.45, 2.75) is 12.8 Å². The van der Waals surface area contributed by atoms with Gasteiger partial charge in [-0.15, -0.1) is 0 Å². The molecule has 1 heteroatoms. The molecular formula is C8H9Cl. The van der Waals surface area contributed by atoms with Crippen LogP contribution in [0.2, 0.25) is 0 Å². The molecule has 0 spiro atoms. The number of hydrogen-bond acceptors (Lipinski definition) is 0. The summed E-state index contributed by atoms with van der Waals surface area (Å²) in [6.07, 6.45) is 4.00. The van der Waals surface area contributed by atoms with Gasteiger partial charge in [-0.3, -0.25) is 0 Å². The first kappa shape index (κ1) is 6.63. The lowest BCUT2D eigenvalue weighted by Gasteiger charge is -2.12. The van der Waals surface area contributed by atoms with E-state index in [9.17, 15) is 0 Å². The van der Waals surface area contributed by atoms with Gasteiger partial charge >= 0.3 is 0 Å². The van der Waals surface area contributed by atoms with E-state index in [2.05, 4.69) is 13.2 Å². The third-order valence-corrected chi connectivity index (χ3v) is 1.87. The minimum atomic E-state index is 0.770. The molecule has 0 aliphatic heterocycles. The Balaban J connectivity index is 2.86. The zero-order valence-electron chi connectivity index (χ0n) is 5.28. The van der Waals surface area contributed by atoms with E-state index in [1.807, 2.05) is 6.08 Å². The summed E-state index contributed by atoms with van der Waals surface area (Å²) in [6, 6.07) is 0. The first-order chi connectivity index (χ1) is 4.22. The largest absolute Gasteiger partial charge is 0.0952 e. The van der Waals surface area contributed by atoms with E-state index < -0.39 is 0 Å². The molecule has 1 aliphatic rings. The van der Waals surface area contributed by atoms with Gasteiger partial charge in [0.05, 0.1) is 0 Å². The van der Waals surface area contributed by atoms with E-state index >= 15 is 0 Å². The Labute approximate surface area is 60.5 Å². The lowest BCUT2D eigenvalue weighted by Crippen LogP contribution is -1.92. The summed E-state index contributed by atoms with van der Waals surface area (Å²) in [5, 5.41) is 0.770. The highest BCUT2D eigenvalue weighted by atomic mass is 35.5. The fourth-order valence-electron chi connectivity index (χ4n) is 0.816. The van der Waals surface area contributed by atoms with Crippen LogP contribution in [0.15, 0.2) is 35.4 Å². The van der Waals surface area contributed by atoms with Crippen LogP contribution in [0.3, 0.4) is 0 Å². The van der Waals surface area contributed by atoms with Crippen LogP contribution in [0.1, 0.15) is 12.8 Å². The molecule has 9 heavy (non-hydrogen) atoms. The average Bonchev–Trinajstić information content (AvgIpc) is 1.83. The van der Waals surface area contributed by atoms with Gasteiger partial charge in [0.2, 0.25) is 0 Å². The molecular weight excluding hydrogens is 132 g/mol. The molecule has 0 amide bonds. The summed E-state index contributed by atoms with van der Waals surface area (Å²) >= 11 is 5.76. The van der Waals surface area contributed by atoms with Crippen LogP contribution in [-0.2, 0) is 0 Å². The summed E-state index contributed by atoms with van der Waals surface area (Å²) in [5.74, 6) is 0. The first-order valence-electron chi connectivity index (χ1n) is 2.95. The highest BCUT2D eigenvalue weighted by Gasteiger charge is 2.07. The molecule has 1 aliphatic carbocycles. The van der Waals surface area contributed by atoms with Gasteiger partial charge in [0.25, 0.3) is 0 Å². The van der Waals surface area contributed by atoms with E-state index in [-0.39, 0.29) is 0 Å². The molecule has 0 unspecified atom stereocenters. The summed E-state index contributed by atoms with van der Waals surface area (Å²) in [4.78, 5) is 0. The molecule has 0 atom stereocenters. The molecule has 0 heterocycles. The summed E-state index contributed by atoms with van der Waals surface area (Å²) in [6.45, 7) is 7.60. The molecule has 0 saturated heterocycles. The maximum atomic E-state index is 5.76. The fourth-order valence-corrected chi connectivity index (χ4v) is 1.06. The topological polar surface area (TPSA) is 0 Å². The quantitative estimate of drug-likeness (QED) is 0.485. The SMILES string of the molecule is C=C1CCC=C(Cl)C1=C. The Morgan fingerprint density at radius 1 is 1.44 bits per heavy atom. The minimum Gasteiger partial charge on any atom is -0.0952 e. The second-order valence-electron chi connectivity index (χ2n) is 2.17. The molecule has 0 aromatic rings. The third kappa shape index (κ3) is 1.25. The molecule has 0 aromatic carbocycles. The van der Waals surface area contributed by atoms with Crippen LogP contribution >= 0.6 is 11.6 Å². The molecule has 0 bridgehead atoms. The van der Waals surface area contributed by atoms with Crippen molar-refractivity contribution in [2.24, 2.45) is 0 Å². The molecule has 48 valence electrons. The summed E-state index contributed by atoms with van der Waals surface area (Å²) in [7, 11) is 0. The van der Waals surface area contributed by atoms with Gasteiger partial charge in [-0.1, -0.05) is 30.8 Å². The second kappa shape index (κ2) is 2.40. The van der Waals surface area contributed by atoms with Gasteiger partial charge in [0, 0.05) is 5.03 Å². The molecule has 0 radical (unpaired) electrons. The summed E-state index contributed by atoms with van der Waals surface area (Å²) < 4.78 is 0. The van der Waals surface area contributed by atoms with Gasteiger partial charge in [-0.05, 0) is 24.0 Å². The number of hydrogen-bond donors (Lipinski definition) is 0. The standard InChI is InChI=1S/C8H9Cl/c1-6-4-3-5-8(9)7(6)2/h5H,1-4H2. The maximum Gasteiger partial charge on any atom is 0.0435 e. The zero-order valence-corrected chi connectivity index (χ0v) is 6.04. The Hall–Kier alpha value is -0.490. The van der Waals surface area contributed by atoms with Crippen LogP contribution in [0.5, 0.6) is 0 Å². The normalized spacial score (nSPS) is 19.9.